The lowest BCUT2D eigenvalue weighted by Gasteiger charge is -2.14. The number of carbonyl (C=O) groups excluding carboxylic acids is 1. The van der Waals surface area contributed by atoms with Crippen molar-refractivity contribution in [2.75, 3.05) is 5.32 Å². The monoisotopic (exact) mass is 412 g/mol. The van der Waals surface area contributed by atoms with Crippen LogP contribution in [0.3, 0.4) is 0 Å². The first-order valence-corrected chi connectivity index (χ1v) is 11.1. The van der Waals surface area contributed by atoms with Gasteiger partial charge >= 0.3 is 0 Å². The van der Waals surface area contributed by atoms with Crippen molar-refractivity contribution in [1.82, 2.24) is 19.9 Å². The molecule has 0 aromatic carbocycles. The van der Waals surface area contributed by atoms with Crippen molar-refractivity contribution >= 4 is 45.2 Å². The highest BCUT2D eigenvalue weighted by Gasteiger charge is 2.25. The summed E-state index contributed by atoms with van der Waals surface area (Å²) in [6, 6.07) is 2.32. The zero-order valence-electron chi connectivity index (χ0n) is 15.5. The minimum atomic E-state index is -0.324. The van der Waals surface area contributed by atoms with Crippen LogP contribution in [0, 0.1) is 11.3 Å². The Hall–Kier alpha value is -2.44. The first-order chi connectivity index (χ1) is 13.7. The number of anilines is 1. The van der Waals surface area contributed by atoms with Gasteiger partial charge < -0.3 is 10.3 Å². The first-order valence-electron chi connectivity index (χ1n) is 9.37. The van der Waals surface area contributed by atoms with Gasteiger partial charge in [-0.25, -0.2) is 15.0 Å². The lowest BCUT2D eigenvalue weighted by Crippen LogP contribution is -2.24. The molecule has 3 heterocycles. The molecule has 3 aromatic rings. The summed E-state index contributed by atoms with van der Waals surface area (Å²) in [7, 11) is 0. The van der Waals surface area contributed by atoms with Gasteiger partial charge in [0, 0.05) is 4.88 Å². The lowest BCUT2D eigenvalue weighted by atomic mass is 10.1. The molecule has 4 rings (SSSR count). The van der Waals surface area contributed by atoms with Gasteiger partial charge in [0.25, 0.3) is 0 Å². The number of nitrogens with zero attached hydrogens (tertiary/aromatic N) is 4. The van der Waals surface area contributed by atoms with Crippen LogP contribution >= 0.6 is 23.1 Å². The van der Waals surface area contributed by atoms with Crippen molar-refractivity contribution in [1.29, 1.82) is 5.26 Å². The standard InChI is InChI=1S/C19H20N6OS2/c1-2-13(27-19-15-16(22-9-21-15)23-10-24-19)17(26)25-18-12(8-20)11-6-4-3-5-7-14(11)28-18/h9-10,13H,2-7H2,1H3,(H,25,26)(H,21,22,23,24). The fourth-order valence-electron chi connectivity index (χ4n) is 3.43. The van der Waals surface area contributed by atoms with Gasteiger partial charge in [0.2, 0.25) is 5.91 Å². The maximum absolute atomic E-state index is 13.0. The average molecular weight is 413 g/mol. The molecule has 1 atom stereocenters. The molecule has 0 spiro atoms. The van der Waals surface area contributed by atoms with Crippen LogP contribution in [0.2, 0.25) is 0 Å². The Kier molecular flexibility index (Phi) is 5.59. The van der Waals surface area contributed by atoms with Crippen LogP contribution in [0.5, 0.6) is 0 Å². The van der Waals surface area contributed by atoms with E-state index in [9.17, 15) is 10.1 Å². The Morgan fingerprint density at radius 2 is 2.21 bits per heavy atom. The number of aromatic amines is 1. The van der Waals surface area contributed by atoms with Gasteiger partial charge in [-0.1, -0.05) is 25.1 Å². The highest BCUT2D eigenvalue weighted by molar-refractivity contribution is 8.00. The first kappa shape index (κ1) is 18.9. The molecular weight excluding hydrogens is 392 g/mol. The zero-order chi connectivity index (χ0) is 19.5. The second-order valence-corrected chi connectivity index (χ2v) is 8.96. The quantitative estimate of drug-likeness (QED) is 0.372. The minimum absolute atomic E-state index is 0.105. The highest BCUT2D eigenvalue weighted by atomic mass is 32.2. The number of carbonyl (C=O) groups is 1. The van der Waals surface area contributed by atoms with Gasteiger partial charge in [0.1, 0.15) is 27.9 Å². The number of hydrogen-bond donors (Lipinski definition) is 2. The Morgan fingerprint density at radius 3 is 3.04 bits per heavy atom. The number of rotatable bonds is 5. The van der Waals surface area contributed by atoms with E-state index < -0.39 is 0 Å². The summed E-state index contributed by atoms with van der Waals surface area (Å²) >= 11 is 2.95. The topological polar surface area (TPSA) is 107 Å². The summed E-state index contributed by atoms with van der Waals surface area (Å²) in [4.78, 5) is 29.8. The molecule has 1 amide bonds. The van der Waals surface area contributed by atoms with Crippen LogP contribution in [0.25, 0.3) is 11.2 Å². The molecule has 2 N–H and O–H groups in total. The molecule has 0 bridgehead atoms. The number of nitriles is 1. The Morgan fingerprint density at radius 1 is 1.36 bits per heavy atom. The van der Waals surface area contributed by atoms with E-state index >= 15 is 0 Å². The fraction of sp³-hybridized carbons (Fsp3) is 0.421. The van der Waals surface area contributed by atoms with Crippen molar-refractivity contribution in [3.05, 3.63) is 28.7 Å². The zero-order valence-corrected chi connectivity index (χ0v) is 17.1. The second kappa shape index (κ2) is 8.29. The Balaban J connectivity index is 1.55. The number of thioether (sulfide) groups is 1. The third-order valence-corrected chi connectivity index (χ3v) is 7.45. The van der Waals surface area contributed by atoms with Gasteiger partial charge in [0.15, 0.2) is 5.65 Å². The van der Waals surface area contributed by atoms with Crippen LogP contribution < -0.4 is 5.32 Å². The summed E-state index contributed by atoms with van der Waals surface area (Å²) in [5.41, 5.74) is 3.10. The summed E-state index contributed by atoms with van der Waals surface area (Å²) in [5, 5.41) is 13.7. The fourth-order valence-corrected chi connectivity index (χ4v) is 5.65. The summed E-state index contributed by atoms with van der Waals surface area (Å²) in [6.07, 6.45) is 9.04. The largest absolute Gasteiger partial charge is 0.341 e. The van der Waals surface area contributed by atoms with Crippen molar-refractivity contribution in [3.8, 4) is 6.07 Å². The van der Waals surface area contributed by atoms with E-state index in [4.69, 9.17) is 0 Å². The SMILES string of the molecule is CCC(Sc1ncnc2nc[nH]c12)C(=O)Nc1sc2c(c1C#N)CCCCC2. The van der Waals surface area contributed by atoms with E-state index in [0.29, 0.717) is 27.7 Å². The molecule has 0 saturated heterocycles. The van der Waals surface area contributed by atoms with Crippen molar-refractivity contribution in [3.63, 3.8) is 0 Å². The Bertz CT molecular complexity index is 1050. The normalized spacial score (nSPS) is 14.9. The number of imidazole rings is 1. The summed E-state index contributed by atoms with van der Waals surface area (Å²) in [6.45, 7) is 1.97. The van der Waals surface area contributed by atoms with Crippen molar-refractivity contribution in [2.45, 2.75) is 55.7 Å². The molecule has 3 aromatic heterocycles. The van der Waals surface area contributed by atoms with Crippen LogP contribution in [0.4, 0.5) is 5.00 Å². The molecule has 7 nitrogen and oxygen atoms in total. The smallest absolute Gasteiger partial charge is 0.238 e. The number of H-pyrrole nitrogens is 1. The third kappa shape index (κ3) is 3.62. The molecule has 0 radical (unpaired) electrons. The van der Waals surface area contributed by atoms with Gasteiger partial charge in [-0.2, -0.15) is 5.26 Å². The molecular formula is C19H20N6OS2. The van der Waals surface area contributed by atoms with Gasteiger partial charge in [-0.3, -0.25) is 4.79 Å². The third-order valence-electron chi connectivity index (χ3n) is 4.88. The van der Waals surface area contributed by atoms with Crippen LogP contribution in [-0.4, -0.2) is 31.1 Å². The van der Waals surface area contributed by atoms with E-state index in [-0.39, 0.29) is 11.2 Å². The average Bonchev–Trinajstić information content (AvgIpc) is 3.24. The van der Waals surface area contributed by atoms with E-state index in [1.165, 1.54) is 29.4 Å². The van der Waals surface area contributed by atoms with Crippen molar-refractivity contribution in [2.24, 2.45) is 0 Å². The molecule has 0 aliphatic heterocycles. The van der Waals surface area contributed by atoms with Gasteiger partial charge in [0.05, 0.1) is 17.1 Å². The predicted octanol–water partition coefficient (Wildman–Crippen LogP) is 4.06. The lowest BCUT2D eigenvalue weighted by molar-refractivity contribution is -0.115. The van der Waals surface area contributed by atoms with Crippen LogP contribution in [0.1, 0.15) is 48.6 Å². The van der Waals surface area contributed by atoms with Gasteiger partial charge in [-0.15, -0.1) is 11.3 Å². The van der Waals surface area contributed by atoms with Crippen LogP contribution in [-0.2, 0) is 17.6 Å². The molecule has 1 aliphatic carbocycles. The minimum Gasteiger partial charge on any atom is -0.341 e. The molecule has 9 heteroatoms. The number of nitrogens with one attached hydrogen (secondary N) is 2. The van der Waals surface area contributed by atoms with Gasteiger partial charge in [-0.05, 0) is 37.7 Å². The Labute approximate surface area is 171 Å². The maximum atomic E-state index is 13.0. The predicted molar refractivity (Wildman–Crippen MR) is 111 cm³/mol. The summed E-state index contributed by atoms with van der Waals surface area (Å²) in [5.74, 6) is -0.105. The maximum Gasteiger partial charge on any atom is 0.238 e. The van der Waals surface area contributed by atoms with E-state index in [1.54, 1.807) is 17.7 Å². The molecule has 1 unspecified atom stereocenters. The second-order valence-electron chi connectivity index (χ2n) is 6.66. The molecule has 0 saturated carbocycles. The number of thiophene rings is 1. The molecule has 28 heavy (non-hydrogen) atoms. The van der Waals surface area contributed by atoms with Crippen molar-refractivity contribution < 1.29 is 4.79 Å². The highest BCUT2D eigenvalue weighted by Crippen LogP contribution is 2.38. The summed E-state index contributed by atoms with van der Waals surface area (Å²) < 4.78 is 0. The number of hydrogen-bond acceptors (Lipinski definition) is 7. The number of aromatic nitrogens is 4. The molecule has 1 aliphatic rings. The van der Waals surface area contributed by atoms with E-state index in [2.05, 4.69) is 31.3 Å². The number of amides is 1. The number of fused-ring (bicyclic) bond motifs is 2. The molecule has 0 fully saturated rings. The van der Waals surface area contributed by atoms with E-state index in [1.807, 2.05) is 6.92 Å². The van der Waals surface area contributed by atoms with Crippen LogP contribution in [0.15, 0.2) is 17.7 Å². The number of aryl methyl sites for hydroxylation is 1. The van der Waals surface area contributed by atoms with E-state index in [0.717, 1.165) is 36.8 Å². The molecule has 144 valence electrons.